The number of nitriles is 1. The van der Waals surface area contributed by atoms with Crippen molar-refractivity contribution in [2.75, 3.05) is 13.2 Å². The largest absolute Gasteiger partial charge is 0.494 e. The third-order valence-corrected chi connectivity index (χ3v) is 2.97. The van der Waals surface area contributed by atoms with Crippen LogP contribution in [-0.2, 0) is 16.1 Å². The van der Waals surface area contributed by atoms with Crippen LogP contribution in [0, 0.1) is 11.3 Å². The number of esters is 1. The Hall–Kier alpha value is -3.00. The van der Waals surface area contributed by atoms with Crippen molar-refractivity contribution >= 4 is 5.97 Å². The fourth-order valence-electron chi connectivity index (χ4n) is 1.82. The molecule has 2 rings (SSSR count). The summed E-state index contributed by atoms with van der Waals surface area (Å²) in [5.41, 5.74) is 1.39. The molecule has 0 saturated heterocycles. The topological polar surface area (TPSA) is 68.6 Å². The van der Waals surface area contributed by atoms with Crippen molar-refractivity contribution in [1.82, 2.24) is 0 Å². The summed E-state index contributed by atoms with van der Waals surface area (Å²) in [5, 5.41) is 8.71. The minimum Gasteiger partial charge on any atom is -0.494 e. The highest BCUT2D eigenvalue weighted by Crippen LogP contribution is 2.17. The van der Waals surface area contributed by atoms with Gasteiger partial charge in [-0.05, 0) is 48.9 Å². The summed E-state index contributed by atoms with van der Waals surface area (Å²) >= 11 is 0. The van der Waals surface area contributed by atoms with Gasteiger partial charge in [-0.3, -0.25) is 0 Å². The molecule has 0 aromatic heterocycles. The van der Waals surface area contributed by atoms with E-state index < -0.39 is 5.97 Å². The van der Waals surface area contributed by atoms with Gasteiger partial charge in [0.15, 0.2) is 6.61 Å². The highest BCUT2D eigenvalue weighted by atomic mass is 16.6. The number of nitrogens with zero attached hydrogens (tertiary/aromatic N) is 1. The molecule has 0 bridgehead atoms. The highest BCUT2D eigenvalue weighted by molar-refractivity contribution is 5.71. The van der Waals surface area contributed by atoms with Crippen LogP contribution < -0.4 is 9.47 Å². The molecule has 0 aliphatic heterocycles. The Bertz CT molecular complexity index is 672. The van der Waals surface area contributed by atoms with Crippen molar-refractivity contribution in [3.8, 4) is 17.6 Å². The van der Waals surface area contributed by atoms with Crippen LogP contribution in [0.15, 0.2) is 48.5 Å². The number of carbonyl (C=O) groups is 1. The van der Waals surface area contributed by atoms with E-state index >= 15 is 0 Å². The summed E-state index contributed by atoms with van der Waals surface area (Å²) in [6, 6.07) is 15.9. The van der Waals surface area contributed by atoms with Crippen LogP contribution in [-0.4, -0.2) is 19.2 Å². The molecule has 5 nitrogen and oxygen atoms in total. The van der Waals surface area contributed by atoms with E-state index in [1.54, 1.807) is 48.5 Å². The van der Waals surface area contributed by atoms with Crippen LogP contribution >= 0.6 is 0 Å². The Morgan fingerprint density at radius 1 is 1.00 bits per heavy atom. The molecule has 2 aromatic carbocycles. The number of rotatable bonds is 7. The van der Waals surface area contributed by atoms with Gasteiger partial charge in [0.25, 0.3) is 0 Å². The number of hydrogen-bond acceptors (Lipinski definition) is 5. The molecule has 0 radical (unpaired) electrons. The lowest BCUT2D eigenvalue weighted by atomic mass is 10.2. The molecule has 2 aromatic rings. The van der Waals surface area contributed by atoms with Crippen molar-refractivity contribution < 1.29 is 19.0 Å². The molecule has 0 fully saturated rings. The van der Waals surface area contributed by atoms with Gasteiger partial charge in [-0.2, -0.15) is 5.26 Å². The molecule has 5 heteroatoms. The molecule has 0 aliphatic carbocycles. The third-order valence-electron chi connectivity index (χ3n) is 2.97. The Morgan fingerprint density at radius 2 is 1.61 bits per heavy atom. The van der Waals surface area contributed by atoms with Crippen LogP contribution in [0.25, 0.3) is 0 Å². The normalized spacial score (nSPS) is 9.74. The summed E-state index contributed by atoms with van der Waals surface area (Å²) in [5.74, 6) is 0.871. The molecular formula is C18H17NO4. The molecule has 0 N–H and O–H groups in total. The molecule has 0 atom stereocenters. The first-order valence-electron chi connectivity index (χ1n) is 7.21. The smallest absolute Gasteiger partial charge is 0.344 e. The van der Waals surface area contributed by atoms with E-state index in [4.69, 9.17) is 19.5 Å². The Balaban J connectivity index is 1.75. The predicted molar refractivity (Wildman–Crippen MR) is 84.1 cm³/mol. The van der Waals surface area contributed by atoms with Gasteiger partial charge in [0, 0.05) is 0 Å². The minimum absolute atomic E-state index is 0.150. The van der Waals surface area contributed by atoms with Crippen LogP contribution in [0.5, 0.6) is 11.5 Å². The van der Waals surface area contributed by atoms with Gasteiger partial charge in [0.2, 0.25) is 0 Å². The highest BCUT2D eigenvalue weighted by Gasteiger charge is 2.05. The van der Waals surface area contributed by atoms with Gasteiger partial charge < -0.3 is 14.2 Å². The van der Waals surface area contributed by atoms with E-state index in [9.17, 15) is 4.79 Å². The fourth-order valence-corrected chi connectivity index (χ4v) is 1.82. The maximum atomic E-state index is 11.7. The molecule has 0 heterocycles. The first-order chi connectivity index (χ1) is 11.2. The summed E-state index contributed by atoms with van der Waals surface area (Å²) in [4.78, 5) is 11.7. The van der Waals surface area contributed by atoms with E-state index in [2.05, 4.69) is 0 Å². The number of hydrogen-bond donors (Lipinski definition) is 0. The Kier molecular flexibility index (Phi) is 6.01. The average Bonchev–Trinajstić information content (AvgIpc) is 2.60. The van der Waals surface area contributed by atoms with Crippen molar-refractivity contribution in [2.24, 2.45) is 0 Å². The van der Waals surface area contributed by atoms with Crippen LogP contribution in [0.3, 0.4) is 0 Å². The summed E-state index contributed by atoms with van der Waals surface area (Å²) in [6.45, 7) is 2.50. The number of carbonyl (C=O) groups excluding carboxylic acids is 1. The molecule has 0 aliphatic rings. The summed E-state index contributed by atoms with van der Waals surface area (Å²) < 4.78 is 15.8. The lowest BCUT2D eigenvalue weighted by Gasteiger charge is -2.08. The van der Waals surface area contributed by atoms with Gasteiger partial charge in [0.1, 0.15) is 18.1 Å². The standard InChI is InChI=1S/C18H17NO4/c1-2-21-16-7-9-17(10-8-16)22-13-18(20)23-12-15-5-3-14(11-19)4-6-15/h3-10H,2,12-13H2,1H3. The second-order valence-electron chi connectivity index (χ2n) is 4.66. The lowest BCUT2D eigenvalue weighted by Crippen LogP contribution is -2.14. The van der Waals surface area contributed by atoms with E-state index in [-0.39, 0.29) is 13.2 Å². The maximum absolute atomic E-state index is 11.7. The Morgan fingerprint density at radius 3 is 2.17 bits per heavy atom. The van der Waals surface area contributed by atoms with Crippen molar-refractivity contribution in [2.45, 2.75) is 13.5 Å². The van der Waals surface area contributed by atoms with Gasteiger partial charge in [-0.1, -0.05) is 12.1 Å². The van der Waals surface area contributed by atoms with Gasteiger partial charge in [0.05, 0.1) is 18.2 Å². The maximum Gasteiger partial charge on any atom is 0.344 e. The van der Waals surface area contributed by atoms with Gasteiger partial charge >= 0.3 is 5.97 Å². The van der Waals surface area contributed by atoms with Gasteiger partial charge in [-0.15, -0.1) is 0 Å². The van der Waals surface area contributed by atoms with E-state index in [0.717, 1.165) is 11.3 Å². The monoisotopic (exact) mass is 311 g/mol. The summed E-state index contributed by atoms with van der Waals surface area (Å²) in [6.07, 6.45) is 0. The number of benzene rings is 2. The quantitative estimate of drug-likeness (QED) is 0.735. The van der Waals surface area contributed by atoms with Crippen molar-refractivity contribution in [1.29, 1.82) is 5.26 Å². The van der Waals surface area contributed by atoms with Crippen LogP contribution in [0.4, 0.5) is 0 Å². The van der Waals surface area contributed by atoms with E-state index in [1.165, 1.54) is 0 Å². The number of ether oxygens (including phenoxy) is 3. The predicted octanol–water partition coefficient (Wildman–Crippen LogP) is 3.08. The van der Waals surface area contributed by atoms with Crippen LogP contribution in [0.1, 0.15) is 18.1 Å². The minimum atomic E-state index is -0.455. The first kappa shape index (κ1) is 16.4. The van der Waals surface area contributed by atoms with E-state index in [0.29, 0.717) is 17.9 Å². The third kappa shape index (κ3) is 5.36. The summed E-state index contributed by atoms with van der Waals surface area (Å²) in [7, 11) is 0. The average molecular weight is 311 g/mol. The fraction of sp³-hybridized carbons (Fsp3) is 0.222. The van der Waals surface area contributed by atoms with E-state index in [1.807, 2.05) is 13.0 Å². The molecule has 0 saturated carbocycles. The zero-order valence-electron chi connectivity index (χ0n) is 12.8. The van der Waals surface area contributed by atoms with Gasteiger partial charge in [-0.25, -0.2) is 4.79 Å². The molecule has 0 spiro atoms. The Labute approximate surface area is 135 Å². The van der Waals surface area contributed by atoms with Crippen molar-refractivity contribution in [3.05, 3.63) is 59.7 Å². The SMILES string of the molecule is CCOc1ccc(OCC(=O)OCc2ccc(C#N)cc2)cc1. The van der Waals surface area contributed by atoms with Crippen molar-refractivity contribution in [3.63, 3.8) is 0 Å². The molecular weight excluding hydrogens is 294 g/mol. The first-order valence-corrected chi connectivity index (χ1v) is 7.21. The second-order valence-corrected chi connectivity index (χ2v) is 4.66. The molecule has 23 heavy (non-hydrogen) atoms. The molecule has 118 valence electrons. The zero-order valence-corrected chi connectivity index (χ0v) is 12.8. The van der Waals surface area contributed by atoms with Crippen LogP contribution in [0.2, 0.25) is 0 Å². The molecule has 0 unspecified atom stereocenters. The second kappa shape index (κ2) is 8.44. The molecule has 0 amide bonds. The zero-order chi connectivity index (χ0) is 16.5. The lowest BCUT2D eigenvalue weighted by molar-refractivity contribution is -0.147.